The van der Waals surface area contributed by atoms with E-state index < -0.39 is 0 Å². The number of methoxy groups -OCH3 is 5. The topological polar surface area (TPSA) is 152 Å². The molecule has 0 radical (unpaired) electrons. The summed E-state index contributed by atoms with van der Waals surface area (Å²) in [4.78, 5) is 61.8. The molecule has 12 rings (SSSR count). The maximum absolute atomic E-state index is 12.5. The van der Waals surface area contributed by atoms with Gasteiger partial charge >= 0.3 is 0 Å². The number of hydrogen-bond acceptors (Lipinski definition) is 11. The highest BCUT2D eigenvalue weighted by molar-refractivity contribution is 6.32. The van der Waals surface area contributed by atoms with Crippen molar-refractivity contribution in [3.8, 4) is 55.6 Å². The lowest BCUT2D eigenvalue weighted by atomic mass is 9.80. The molecule has 2 aliphatic rings. The van der Waals surface area contributed by atoms with E-state index in [1.165, 1.54) is 32.1 Å². The summed E-state index contributed by atoms with van der Waals surface area (Å²) >= 11 is 29.8. The zero-order valence-corrected chi connectivity index (χ0v) is 71.2. The van der Waals surface area contributed by atoms with Gasteiger partial charge in [0.05, 0.1) is 33.0 Å². The Balaban J connectivity index is 0.000000178. The zero-order chi connectivity index (χ0) is 82.4. The van der Waals surface area contributed by atoms with Crippen molar-refractivity contribution in [3.05, 3.63) is 293 Å². The predicted octanol–water partition coefficient (Wildman–Crippen LogP) is 26.6. The van der Waals surface area contributed by atoms with Crippen LogP contribution in [0.25, 0.3) is 55.6 Å². The average molecular weight is 1640 g/mol. The van der Waals surface area contributed by atoms with Crippen LogP contribution in [0.5, 0.6) is 0 Å². The number of carbonyl (C=O) groups excluding carboxylic acids is 5. The van der Waals surface area contributed by atoms with E-state index in [2.05, 4.69) is 34.6 Å². The Bertz CT molecular complexity index is 4660. The van der Waals surface area contributed by atoms with E-state index >= 15 is 0 Å². The molecular formula is C98H107Cl5O11. The molecule has 11 nitrogen and oxygen atoms in total. The Morgan fingerprint density at radius 2 is 0.614 bits per heavy atom. The SMILES string of the molecule is COCc1cc(C(=O)CC(C)(C)C)ccc1-c1ccc(Cl)cc1.COCc1cc(C(=O)CC(C)CO)ccc1-c1ccc(Cl)cc1.COCc1cc(C(=O)CC2CC2)ccc1-c1ccc(Cl)cc1.COCc1cc(C(=O)CC2CCC2)ccc1-c1ccc(Cl)cc1.COCc1cc(C(=O)CCC(C)C)ccc1-c1ccc(Cl)cc1. The molecule has 0 spiro atoms. The number of aliphatic hydroxyl groups is 1. The van der Waals surface area contributed by atoms with Gasteiger partial charge in [0, 0.05) is 127 Å². The summed E-state index contributed by atoms with van der Waals surface area (Å²) in [6.07, 6.45) is 9.75. The first kappa shape index (κ1) is 91.3. The van der Waals surface area contributed by atoms with Crippen LogP contribution in [-0.2, 0) is 56.7 Å². The minimum atomic E-state index is -0.0377. The van der Waals surface area contributed by atoms with Crippen molar-refractivity contribution < 1.29 is 52.8 Å². The second-order valence-electron chi connectivity index (χ2n) is 31.0. The van der Waals surface area contributed by atoms with Gasteiger partial charge in [0.25, 0.3) is 0 Å². The van der Waals surface area contributed by atoms with Crippen LogP contribution in [0.4, 0.5) is 0 Å². The lowest BCUT2D eigenvalue weighted by Gasteiger charge is -2.24. The summed E-state index contributed by atoms with van der Waals surface area (Å²) in [5, 5.41) is 12.6. The first-order valence-corrected chi connectivity index (χ1v) is 40.7. The molecule has 0 aromatic heterocycles. The van der Waals surface area contributed by atoms with Gasteiger partial charge in [0.15, 0.2) is 28.9 Å². The number of hydrogen-bond donors (Lipinski definition) is 1. The van der Waals surface area contributed by atoms with Gasteiger partial charge in [-0.3, -0.25) is 24.0 Å². The van der Waals surface area contributed by atoms with E-state index in [1.54, 1.807) is 35.5 Å². The standard InChI is InChI=1S/C20H21ClO2.2C20H23ClO2.C19H21ClO3.C19H19ClO2/c1-23-13-17-12-16(20(22)11-14-3-2-4-14)7-10-19(17)15-5-8-18(21)9-6-15;1-20(2,3)12-19(22)15-7-10-18(16(11-15)13-23-4)14-5-8-17(21)9-6-14;1-14(2)4-11-20(22)16-7-10-19(17(12-16)13-23-3)15-5-8-18(21)9-6-15;1-13(11-21)9-19(22)15-5-8-18(16(10-15)12-23-2)14-3-6-17(20)7-4-14;1-22-12-16-11-15(19(21)10-13-2-3-13)6-9-18(16)14-4-7-17(20)8-5-14/h5-10,12,14H,2-4,11,13H2,1H3;5-11H,12-13H2,1-4H3;5-10,12,14H,4,11,13H2,1-3H3;3-8,10,13,21H,9,11-12H2,1-2H3;4-9,11,13H,2-3,10,12H2,1H3. The maximum atomic E-state index is 12.5. The normalized spacial score (nSPS) is 12.6. The molecule has 0 saturated heterocycles. The molecule has 0 bridgehead atoms. The highest BCUT2D eigenvalue weighted by atomic mass is 35.5. The third-order valence-corrected chi connectivity index (χ3v) is 21.0. The van der Waals surface area contributed by atoms with Gasteiger partial charge in [0.2, 0.25) is 0 Å². The van der Waals surface area contributed by atoms with E-state index in [-0.39, 0.29) is 46.9 Å². The Kier molecular flexibility index (Phi) is 36.8. The predicted molar refractivity (Wildman–Crippen MR) is 468 cm³/mol. The molecule has 16 heteroatoms. The van der Waals surface area contributed by atoms with Crippen molar-refractivity contribution in [1.29, 1.82) is 0 Å². The minimum absolute atomic E-state index is 0.0134. The van der Waals surface area contributed by atoms with Gasteiger partial charge in [-0.15, -0.1) is 0 Å². The van der Waals surface area contributed by atoms with Crippen molar-refractivity contribution in [3.63, 3.8) is 0 Å². The van der Waals surface area contributed by atoms with Crippen LogP contribution in [0.2, 0.25) is 25.1 Å². The van der Waals surface area contributed by atoms with Crippen LogP contribution in [0.15, 0.2) is 212 Å². The number of aliphatic hydroxyl groups excluding tert-OH is 1. The summed E-state index contributed by atoms with van der Waals surface area (Å²) in [7, 11) is 8.31. The van der Waals surface area contributed by atoms with Crippen molar-refractivity contribution >= 4 is 86.9 Å². The fourth-order valence-corrected chi connectivity index (χ4v) is 13.8. The highest BCUT2D eigenvalue weighted by Gasteiger charge is 2.27. The van der Waals surface area contributed by atoms with Crippen LogP contribution in [0.3, 0.4) is 0 Å². The number of rotatable bonds is 31. The summed E-state index contributed by atoms with van der Waals surface area (Å²) in [6, 6.07) is 67.6. The minimum Gasteiger partial charge on any atom is -0.396 e. The quantitative estimate of drug-likeness (QED) is 0.0413. The zero-order valence-electron chi connectivity index (χ0n) is 67.5. The molecule has 0 amide bonds. The lowest BCUT2D eigenvalue weighted by molar-refractivity contribution is 0.0929. The van der Waals surface area contributed by atoms with E-state index in [0.717, 1.165) is 112 Å². The second kappa shape index (κ2) is 45.9. The molecule has 2 saturated carbocycles. The molecule has 2 aliphatic carbocycles. The molecule has 1 unspecified atom stereocenters. The molecule has 0 heterocycles. The van der Waals surface area contributed by atoms with Crippen molar-refractivity contribution in [2.45, 2.75) is 145 Å². The van der Waals surface area contributed by atoms with Crippen molar-refractivity contribution in [2.24, 2.45) is 29.1 Å². The largest absolute Gasteiger partial charge is 0.396 e. The summed E-state index contributed by atoms with van der Waals surface area (Å²) < 4.78 is 26.5. The molecule has 10 aromatic carbocycles. The summed E-state index contributed by atoms with van der Waals surface area (Å²) in [5.74, 6) is 2.56. The van der Waals surface area contributed by atoms with E-state index in [4.69, 9.17) is 86.8 Å². The average Bonchev–Trinajstić information content (AvgIpc) is 1.24. The molecule has 600 valence electrons. The molecule has 1 N–H and O–H groups in total. The number of Topliss-reactive ketones (excluding diaryl/α,β-unsaturated/α-hetero) is 5. The Labute approximate surface area is 700 Å². The van der Waals surface area contributed by atoms with Gasteiger partial charge in [0.1, 0.15) is 0 Å². The van der Waals surface area contributed by atoms with Crippen molar-refractivity contribution in [2.75, 3.05) is 42.2 Å². The molecule has 2 fully saturated rings. The number of halogens is 5. The van der Waals surface area contributed by atoms with E-state index in [0.29, 0.717) is 114 Å². The first-order chi connectivity index (χ1) is 54.7. The number of benzene rings is 10. The highest BCUT2D eigenvalue weighted by Crippen LogP contribution is 2.37. The number of carbonyl (C=O) groups is 5. The molecule has 0 aliphatic heterocycles. The molecule has 10 aromatic rings. The third kappa shape index (κ3) is 28.9. The van der Waals surface area contributed by atoms with E-state index in [1.807, 2.05) is 219 Å². The van der Waals surface area contributed by atoms with Gasteiger partial charge in [-0.2, -0.15) is 0 Å². The number of ketones is 5. The first-order valence-electron chi connectivity index (χ1n) is 38.9. The maximum Gasteiger partial charge on any atom is 0.163 e. The second-order valence-corrected chi connectivity index (χ2v) is 33.2. The molecule has 1 atom stereocenters. The number of ether oxygens (including phenoxy) is 5. The summed E-state index contributed by atoms with van der Waals surface area (Å²) in [6.45, 7) is 14.7. The molecule has 114 heavy (non-hydrogen) atoms. The fraction of sp³-hybridized carbons (Fsp3) is 0.337. The molecular weight excluding hydrogens is 1530 g/mol. The van der Waals surface area contributed by atoms with Gasteiger partial charge in [-0.05, 0) is 223 Å². The smallest absolute Gasteiger partial charge is 0.163 e. The Morgan fingerprint density at radius 1 is 0.360 bits per heavy atom. The lowest BCUT2D eigenvalue weighted by Crippen LogP contribution is -2.16. The summed E-state index contributed by atoms with van der Waals surface area (Å²) in [5.41, 5.74) is 19.4. The fourth-order valence-electron chi connectivity index (χ4n) is 13.2. The third-order valence-electron chi connectivity index (χ3n) is 19.8. The Morgan fingerprint density at radius 3 is 0.842 bits per heavy atom. The van der Waals surface area contributed by atoms with Crippen LogP contribution in [0, 0.1) is 29.1 Å². The van der Waals surface area contributed by atoms with Gasteiger partial charge < -0.3 is 28.8 Å². The van der Waals surface area contributed by atoms with Gasteiger partial charge in [-0.25, -0.2) is 0 Å². The Hall–Kier alpha value is -8.24. The van der Waals surface area contributed by atoms with Gasteiger partial charge in [-0.1, -0.05) is 240 Å². The van der Waals surface area contributed by atoms with Crippen LogP contribution in [0.1, 0.15) is 192 Å². The van der Waals surface area contributed by atoms with Crippen LogP contribution < -0.4 is 0 Å². The monoisotopic (exact) mass is 1630 g/mol. The van der Waals surface area contributed by atoms with Crippen LogP contribution in [-0.4, -0.2) is 76.2 Å². The van der Waals surface area contributed by atoms with Crippen molar-refractivity contribution in [1.82, 2.24) is 0 Å². The van der Waals surface area contributed by atoms with E-state index in [9.17, 15) is 24.0 Å². The van der Waals surface area contributed by atoms with Crippen LogP contribution >= 0.6 is 58.0 Å².